The summed E-state index contributed by atoms with van der Waals surface area (Å²) in [6.45, 7) is 7.90. The SMILES string of the molecule is CCCOc1ccccc1CCCNC(=S)Nc1ccc(C)cc1C. The van der Waals surface area contributed by atoms with Crippen molar-refractivity contribution >= 4 is 23.0 Å². The number of anilines is 1. The molecule has 2 aromatic carbocycles. The second-order valence-electron chi connectivity index (χ2n) is 6.26. The van der Waals surface area contributed by atoms with E-state index < -0.39 is 0 Å². The van der Waals surface area contributed by atoms with E-state index in [1.807, 2.05) is 12.1 Å². The zero-order valence-corrected chi connectivity index (χ0v) is 16.2. The summed E-state index contributed by atoms with van der Waals surface area (Å²) >= 11 is 5.39. The molecular weight excluding hydrogens is 328 g/mol. The van der Waals surface area contributed by atoms with Gasteiger partial charge in [-0.25, -0.2) is 0 Å². The Labute approximate surface area is 156 Å². The van der Waals surface area contributed by atoms with Crippen LogP contribution in [0.3, 0.4) is 0 Å². The highest BCUT2D eigenvalue weighted by Crippen LogP contribution is 2.19. The van der Waals surface area contributed by atoms with Crippen LogP contribution in [-0.4, -0.2) is 18.3 Å². The van der Waals surface area contributed by atoms with Crippen LogP contribution in [0.15, 0.2) is 42.5 Å². The third kappa shape index (κ3) is 6.39. The largest absolute Gasteiger partial charge is 0.493 e. The van der Waals surface area contributed by atoms with Crippen molar-refractivity contribution in [2.45, 2.75) is 40.0 Å². The van der Waals surface area contributed by atoms with Gasteiger partial charge in [-0.3, -0.25) is 0 Å². The fourth-order valence-corrected chi connectivity index (χ4v) is 2.88. The lowest BCUT2D eigenvalue weighted by atomic mass is 10.1. The molecule has 3 nitrogen and oxygen atoms in total. The van der Waals surface area contributed by atoms with Crippen LogP contribution in [0.25, 0.3) is 0 Å². The fraction of sp³-hybridized carbons (Fsp3) is 0.381. The van der Waals surface area contributed by atoms with Crippen molar-refractivity contribution < 1.29 is 4.74 Å². The Kier molecular flexibility index (Phi) is 7.74. The highest BCUT2D eigenvalue weighted by atomic mass is 32.1. The Hall–Kier alpha value is -2.07. The third-order valence-corrected chi connectivity index (χ3v) is 4.22. The molecule has 2 rings (SSSR count). The minimum atomic E-state index is 0.669. The smallest absolute Gasteiger partial charge is 0.170 e. The molecule has 25 heavy (non-hydrogen) atoms. The first kappa shape index (κ1) is 19.3. The summed E-state index contributed by atoms with van der Waals surface area (Å²) < 4.78 is 5.81. The van der Waals surface area contributed by atoms with Crippen LogP contribution in [-0.2, 0) is 6.42 Å². The minimum absolute atomic E-state index is 0.669. The number of nitrogens with one attached hydrogen (secondary N) is 2. The van der Waals surface area contributed by atoms with Crippen LogP contribution in [0.2, 0.25) is 0 Å². The van der Waals surface area contributed by atoms with Gasteiger partial charge in [-0.2, -0.15) is 0 Å². The first-order valence-corrected chi connectivity index (χ1v) is 9.33. The maximum atomic E-state index is 5.81. The van der Waals surface area contributed by atoms with Crippen LogP contribution in [0.4, 0.5) is 5.69 Å². The molecule has 134 valence electrons. The van der Waals surface area contributed by atoms with E-state index in [2.05, 4.69) is 61.7 Å². The number of para-hydroxylation sites is 1. The van der Waals surface area contributed by atoms with Crippen LogP contribution < -0.4 is 15.4 Å². The number of benzene rings is 2. The lowest BCUT2D eigenvalue weighted by Crippen LogP contribution is -2.29. The predicted molar refractivity (Wildman–Crippen MR) is 111 cm³/mol. The summed E-state index contributed by atoms with van der Waals surface area (Å²) in [5, 5.41) is 7.23. The number of hydrogen-bond donors (Lipinski definition) is 2. The van der Waals surface area contributed by atoms with Gasteiger partial charge in [-0.15, -0.1) is 0 Å². The van der Waals surface area contributed by atoms with E-state index in [0.29, 0.717) is 5.11 Å². The number of hydrogen-bond acceptors (Lipinski definition) is 2. The molecule has 0 atom stereocenters. The quantitative estimate of drug-likeness (QED) is 0.514. The topological polar surface area (TPSA) is 33.3 Å². The van der Waals surface area contributed by atoms with E-state index in [-0.39, 0.29) is 0 Å². The molecule has 0 aliphatic carbocycles. The van der Waals surface area contributed by atoms with E-state index in [4.69, 9.17) is 17.0 Å². The van der Waals surface area contributed by atoms with Gasteiger partial charge in [-0.1, -0.05) is 42.8 Å². The molecule has 0 aliphatic rings. The molecule has 0 saturated heterocycles. The van der Waals surface area contributed by atoms with Crippen molar-refractivity contribution in [3.63, 3.8) is 0 Å². The van der Waals surface area contributed by atoms with Gasteiger partial charge in [-0.05, 0) is 68.6 Å². The maximum Gasteiger partial charge on any atom is 0.170 e. The molecule has 0 aromatic heterocycles. The highest BCUT2D eigenvalue weighted by molar-refractivity contribution is 7.80. The zero-order chi connectivity index (χ0) is 18.1. The summed E-state index contributed by atoms with van der Waals surface area (Å²) in [5.74, 6) is 1.00. The molecular formula is C21H28N2OS. The predicted octanol–water partition coefficient (Wildman–Crippen LogP) is 5.01. The summed E-state index contributed by atoms with van der Waals surface area (Å²) in [6, 6.07) is 14.6. The van der Waals surface area contributed by atoms with E-state index in [1.54, 1.807) is 0 Å². The van der Waals surface area contributed by atoms with Crippen molar-refractivity contribution in [1.82, 2.24) is 5.32 Å². The van der Waals surface area contributed by atoms with Crippen molar-refractivity contribution in [1.29, 1.82) is 0 Å². The fourth-order valence-electron chi connectivity index (χ4n) is 2.66. The van der Waals surface area contributed by atoms with E-state index >= 15 is 0 Å². The summed E-state index contributed by atoms with van der Waals surface area (Å²) in [7, 11) is 0. The number of rotatable bonds is 8. The van der Waals surface area contributed by atoms with Gasteiger partial charge in [0.1, 0.15) is 5.75 Å². The Balaban J connectivity index is 1.76. The third-order valence-electron chi connectivity index (χ3n) is 3.97. The Morgan fingerprint density at radius 1 is 1.12 bits per heavy atom. The Bertz CT molecular complexity index is 700. The van der Waals surface area contributed by atoms with Crippen molar-refractivity contribution in [3.8, 4) is 5.75 Å². The second-order valence-corrected chi connectivity index (χ2v) is 6.67. The lowest BCUT2D eigenvalue weighted by molar-refractivity contribution is 0.314. The van der Waals surface area contributed by atoms with E-state index in [0.717, 1.165) is 43.9 Å². The average molecular weight is 357 g/mol. The average Bonchev–Trinajstić information content (AvgIpc) is 2.60. The monoisotopic (exact) mass is 356 g/mol. The van der Waals surface area contributed by atoms with Crippen molar-refractivity contribution in [3.05, 3.63) is 59.2 Å². The van der Waals surface area contributed by atoms with Gasteiger partial charge < -0.3 is 15.4 Å². The zero-order valence-electron chi connectivity index (χ0n) is 15.4. The van der Waals surface area contributed by atoms with E-state index in [9.17, 15) is 0 Å². The summed E-state index contributed by atoms with van der Waals surface area (Å²) in [5.41, 5.74) is 4.77. The van der Waals surface area contributed by atoms with Gasteiger partial charge >= 0.3 is 0 Å². The maximum absolute atomic E-state index is 5.81. The molecule has 0 radical (unpaired) electrons. The van der Waals surface area contributed by atoms with Gasteiger partial charge in [0.15, 0.2) is 5.11 Å². The molecule has 2 aromatic rings. The number of thiocarbonyl (C=S) groups is 1. The molecule has 0 spiro atoms. The summed E-state index contributed by atoms with van der Waals surface area (Å²) in [4.78, 5) is 0. The minimum Gasteiger partial charge on any atom is -0.493 e. The normalized spacial score (nSPS) is 10.4. The van der Waals surface area contributed by atoms with Gasteiger partial charge in [0.2, 0.25) is 0 Å². The standard InChI is InChI=1S/C21H28N2OS/c1-4-14-24-20-10-6-5-8-18(20)9-7-13-22-21(25)23-19-12-11-16(2)15-17(19)3/h5-6,8,10-12,15H,4,7,9,13-14H2,1-3H3,(H2,22,23,25). The van der Waals surface area contributed by atoms with Crippen molar-refractivity contribution in [2.75, 3.05) is 18.5 Å². The molecule has 0 bridgehead atoms. The molecule has 0 aliphatic heterocycles. The van der Waals surface area contributed by atoms with E-state index in [1.165, 1.54) is 16.7 Å². The molecule has 2 N–H and O–H groups in total. The summed E-state index contributed by atoms with van der Waals surface area (Å²) in [6.07, 6.45) is 2.99. The van der Waals surface area contributed by atoms with Gasteiger partial charge in [0.25, 0.3) is 0 Å². The molecule has 0 saturated carbocycles. The van der Waals surface area contributed by atoms with Gasteiger partial charge in [0.05, 0.1) is 6.61 Å². The molecule has 0 unspecified atom stereocenters. The Morgan fingerprint density at radius 2 is 1.92 bits per heavy atom. The molecule has 0 amide bonds. The first-order chi connectivity index (χ1) is 12.1. The second kappa shape index (κ2) is 10.0. The van der Waals surface area contributed by atoms with Crippen LogP contribution in [0.5, 0.6) is 5.75 Å². The molecule has 0 fully saturated rings. The van der Waals surface area contributed by atoms with Crippen LogP contribution in [0.1, 0.15) is 36.5 Å². The number of aryl methyl sites for hydroxylation is 3. The van der Waals surface area contributed by atoms with Crippen LogP contribution in [0, 0.1) is 13.8 Å². The van der Waals surface area contributed by atoms with Crippen molar-refractivity contribution in [2.24, 2.45) is 0 Å². The molecule has 0 heterocycles. The van der Waals surface area contributed by atoms with Crippen LogP contribution >= 0.6 is 12.2 Å². The van der Waals surface area contributed by atoms with Gasteiger partial charge in [0, 0.05) is 12.2 Å². The number of ether oxygens (including phenoxy) is 1. The highest BCUT2D eigenvalue weighted by Gasteiger charge is 2.04. The lowest BCUT2D eigenvalue weighted by Gasteiger charge is -2.14. The first-order valence-electron chi connectivity index (χ1n) is 8.93. The molecule has 4 heteroatoms. The Morgan fingerprint density at radius 3 is 2.68 bits per heavy atom.